The van der Waals surface area contributed by atoms with Gasteiger partial charge in [0.05, 0.1) is 0 Å². The molecule has 0 bridgehead atoms. The maximum absolute atomic E-state index is 6.06. The lowest BCUT2D eigenvalue weighted by Crippen LogP contribution is -2.10. The lowest BCUT2D eigenvalue weighted by atomic mass is 10.2. The molecule has 5 heteroatoms. The van der Waals surface area contributed by atoms with E-state index < -0.39 is 0 Å². The molecule has 0 aromatic carbocycles. The molecule has 1 aliphatic carbocycles. The van der Waals surface area contributed by atoms with Crippen molar-refractivity contribution in [1.29, 1.82) is 0 Å². The van der Waals surface area contributed by atoms with Crippen LogP contribution >= 0.6 is 11.8 Å². The van der Waals surface area contributed by atoms with E-state index in [1.807, 2.05) is 18.3 Å². The highest BCUT2D eigenvalue weighted by Crippen LogP contribution is 2.39. The predicted molar refractivity (Wildman–Crippen MR) is 76.7 cm³/mol. The topological polar surface area (TPSA) is 56.7 Å². The van der Waals surface area contributed by atoms with Crippen molar-refractivity contribution < 1.29 is 0 Å². The third kappa shape index (κ3) is 1.96. The van der Waals surface area contributed by atoms with Gasteiger partial charge in [0.2, 0.25) is 5.95 Å². The molecule has 0 radical (unpaired) electrons. The summed E-state index contributed by atoms with van der Waals surface area (Å²) < 4.78 is 2.13. The molecule has 2 N–H and O–H groups in total. The summed E-state index contributed by atoms with van der Waals surface area (Å²) in [7, 11) is 0. The number of thioether (sulfide) groups is 1. The predicted octanol–water partition coefficient (Wildman–Crippen LogP) is 2.86. The molecule has 1 fully saturated rings. The van der Waals surface area contributed by atoms with Gasteiger partial charge in [-0.15, -0.1) is 0 Å². The van der Waals surface area contributed by atoms with E-state index in [1.165, 1.54) is 25.0 Å². The summed E-state index contributed by atoms with van der Waals surface area (Å²) in [5.74, 6) is 1.80. The number of hydrogen-bond acceptors (Lipinski definition) is 4. The number of fused-ring (bicyclic) bond motifs is 1. The van der Waals surface area contributed by atoms with E-state index in [-0.39, 0.29) is 0 Å². The molecule has 3 rings (SSSR count). The average Bonchev–Trinajstić information content (AvgIpc) is 2.92. The first kappa shape index (κ1) is 11.8. The van der Waals surface area contributed by atoms with Gasteiger partial charge in [0.25, 0.3) is 0 Å². The first-order chi connectivity index (χ1) is 8.79. The zero-order valence-corrected chi connectivity index (χ0v) is 11.4. The summed E-state index contributed by atoms with van der Waals surface area (Å²) in [4.78, 5) is 8.83. The number of rotatable bonds is 3. The Bertz CT molecular complexity index is 551. The standard InChI is InChI=1S/C13H18N4S/c1-2-18-10-6-5-9(8-10)17-12-11(16-13(17)14)4-3-7-15-12/h3-4,7,9-10H,2,5-6,8H2,1H3,(H2,14,16). The van der Waals surface area contributed by atoms with Gasteiger partial charge in [0.15, 0.2) is 5.65 Å². The molecule has 1 aliphatic rings. The van der Waals surface area contributed by atoms with Gasteiger partial charge in [-0.3, -0.25) is 4.57 Å². The van der Waals surface area contributed by atoms with Gasteiger partial charge < -0.3 is 5.73 Å². The van der Waals surface area contributed by atoms with Crippen molar-refractivity contribution >= 4 is 28.9 Å². The van der Waals surface area contributed by atoms with Crippen LogP contribution in [0.2, 0.25) is 0 Å². The first-order valence-electron chi connectivity index (χ1n) is 6.49. The highest BCUT2D eigenvalue weighted by molar-refractivity contribution is 7.99. The normalized spacial score (nSPS) is 23.8. The van der Waals surface area contributed by atoms with Crippen molar-refractivity contribution in [1.82, 2.24) is 14.5 Å². The van der Waals surface area contributed by atoms with Crippen LogP contribution in [0.5, 0.6) is 0 Å². The molecule has 4 nitrogen and oxygen atoms in total. The van der Waals surface area contributed by atoms with Crippen LogP contribution in [0.3, 0.4) is 0 Å². The van der Waals surface area contributed by atoms with Crippen molar-refractivity contribution in [2.24, 2.45) is 0 Å². The zero-order valence-electron chi connectivity index (χ0n) is 10.5. The van der Waals surface area contributed by atoms with Crippen LogP contribution in [-0.4, -0.2) is 25.5 Å². The molecule has 2 unspecified atom stereocenters. The van der Waals surface area contributed by atoms with Crippen molar-refractivity contribution in [3.63, 3.8) is 0 Å². The Morgan fingerprint density at radius 3 is 3.22 bits per heavy atom. The van der Waals surface area contributed by atoms with Crippen LogP contribution in [0.1, 0.15) is 32.2 Å². The molecule has 18 heavy (non-hydrogen) atoms. The Morgan fingerprint density at radius 1 is 1.50 bits per heavy atom. The number of imidazole rings is 1. The Morgan fingerprint density at radius 2 is 2.39 bits per heavy atom. The van der Waals surface area contributed by atoms with Gasteiger partial charge in [-0.25, -0.2) is 9.97 Å². The molecule has 2 aromatic rings. The second kappa shape index (κ2) is 4.80. The molecular weight excluding hydrogens is 244 g/mol. The SMILES string of the molecule is CCSC1CCC(n2c(N)nc3cccnc32)C1. The largest absolute Gasteiger partial charge is 0.369 e. The third-order valence-corrected chi connectivity index (χ3v) is 4.83. The summed E-state index contributed by atoms with van der Waals surface area (Å²) in [6, 6.07) is 4.35. The lowest BCUT2D eigenvalue weighted by Gasteiger charge is -2.14. The number of nitrogens with two attached hydrogens (primary N) is 1. The fourth-order valence-corrected chi connectivity index (χ4v) is 3.98. The highest BCUT2D eigenvalue weighted by Gasteiger charge is 2.28. The number of aromatic nitrogens is 3. The number of hydrogen-bond donors (Lipinski definition) is 1. The van der Waals surface area contributed by atoms with Crippen LogP contribution in [0.25, 0.3) is 11.2 Å². The summed E-state index contributed by atoms with van der Waals surface area (Å²) in [6.07, 6.45) is 5.46. The second-order valence-corrected chi connectivity index (χ2v) is 6.31. The van der Waals surface area contributed by atoms with Crippen LogP contribution in [0, 0.1) is 0 Å². The van der Waals surface area contributed by atoms with E-state index in [9.17, 15) is 0 Å². The highest BCUT2D eigenvalue weighted by atomic mass is 32.2. The minimum Gasteiger partial charge on any atom is -0.369 e. The van der Waals surface area contributed by atoms with Crippen LogP contribution in [0.4, 0.5) is 5.95 Å². The van der Waals surface area contributed by atoms with Crippen LogP contribution in [-0.2, 0) is 0 Å². The summed E-state index contributed by atoms with van der Waals surface area (Å²) >= 11 is 2.06. The number of nitrogen functional groups attached to an aromatic ring is 1. The molecular formula is C13H18N4S. The molecule has 0 aliphatic heterocycles. The van der Waals surface area contributed by atoms with Gasteiger partial charge in [0.1, 0.15) is 5.52 Å². The number of pyridine rings is 1. The molecule has 0 saturated heterocycles. The maximum Gasteiger partial charge on any atom is 0.202 e. The van der Waals surface area contributed by atoms with Crippen LogP contribution in [0.15, 0.2) is 18.3 Å². The van der Waals surface area contributed by atoms with Crippen molar-refractivity contribution in [2.45, 2.75) is 37.5 Å². The molecule has 2 heterocycles. The van der Waals surface area contributed by atoms with Gasteiger partial charge in [-0.2, -0.15) is 11.8 Å². The first-order valence-corrected chi connectivity index (χ1v) is 7.54. The number of nitrogens with zero attached hydrogens (tertiary/aromatic N) is 3. The van der Waals surface area contributed by atoms with Gasteiger partial charge in [-0.05, 0) is 37.1 Å². The van der Waals surface area contributed by atoms with Crippen molar-refractivity contribution in [3.05, 3.63) is 18.3 Å². The maximum atomic E-state index is 6.06. The van der Waals surface area contributed by atoms with E-state index in [4.69, 9.17) is 5.73 Å². The second-order valence-electron chi connectivity index (χ2n) is 4.73. The minimum absolute atomic E-state index is 0.467. The minimum atomic E-state index is 0.467. The lowest BCUT2D eigenvalue weighted by molar-refractivity contribution is 0.537. The van der Waals surface area contributed by atoms with Gasteiger partial charge in [-0.1, -0.05) is 6.92 Å². The zero-order chi connectivity index (χ0) is 12.5. The third-order valence-electron chi connectivity index (χ3n) is 3.60. The fraction of sp³-hybridized carbons (Fsp3) is 0.538. The molecule has 2 aromatic heterocycles. The van der Waals surface area contributed by atoms with Crippen molar-refractivity contribution in [2.75, 3.05) is 11.5 Å². The monoisotopic (exact) mass is 262 g/mol. The Hall–Kier alpha value is -1.23. The molecule has 0 spiro atoms. The van der Waals surface area contributed by atoms with E-state index >= 15 is 0 Å². The molecule has 2 atom stereocenters. The summed E-state index contributed by atoms with van der Waals surface area (Å²) in [5, 5.41) is 0.764. The Labute approximate surface area is 111 Å². The van der Waals surface area contributed by atoms with Crippen LogP contribution < -0.4 is 5.73 Å². The van der Waals surface area contributed by atoms with E-state index in [0.717, 1.165) is 16.4 Å². The Balaban J connectivity index is 1.93. The fourth-order valence-electron chi connectivity index (χ4n) is 2.85. The molecule has 1 saturated carbocycles. The molecule has 96 valence electrons. The van der Waals surface area contributed by atoms with E-state index in [2.05, 4.69) is 33.2 Å². The van der Waals surface area contributed by atoms with E-state index in [0.29, 0.717) is 12.0 Å². The summed E-state index contributed by atoms with van der Waals surface area (Å²) in [5.41, 5.74) is 7.89. The van der Waals surface area contributed by atoms with Gasteiger partial charge in [0, 0.05) is 17.5 Å². The number of anilines is 1. The Kier molecular flexibility index (Phi) is 3.16. The van der Waals surface area contributed by atoms with E-state index in [1.54, 1.807) is 0 Å². The van der Waals surface area contributed by atoms with Crippen molar-refractivity contribution in [3.8, 4) is 0 Å². The summed E-state index contributed by atoms with van der Waals surface area (Å²) in [6.45, 7) is 2.22. The smallest absolute Gasteiger partial charge is 0.202 e. The molecule has 0 amide bonds. The van der Waals surface area contributed by atoms with Gasteiger partial charge >= 0.3 is 0 Å². The average molecular weight is 262 g/mol. The quantitative estimate of drug-likeness (QED) is 0.924.